The van der Waals surface area contributed by atoms with E-state index in [0.29, 0.717) is 0 Å². The summed E-state index contributed by atoms with van der Waals surface area (Å²) in [5.74, 6) is -0.195. The van der Waals surface area contributed by atoms with E-state index in [-0.39, 0.29) is 11.8 Å². The molecule has 3 nitrogen and oxygen atoms in total. The number of nitrogens with one attached hydrogen (secondary N) is 1. The van der Waals surface area contributed by atoms with E-state index in [1.165, 1.54) is 0 Å². The number of fused-ring (bicyclic) bond motifs is 2. The van der Waals surface area contributed by atoms with Crippen LogP contribution >= 0.6 is 0 Å². The molecule has 2 heterocycles. The van der Waals surface area contributed by atoms with Crippen molar-refractivity contribution in [2.75, 3.05) is 5.32 Å². The maximum Gasteiger partial charge on any atom is 0.236 e. The molecule has 1 atom stereocenters. The van der Waals surface area contributed by atoms with Crippen LogP contribution < -0.4 is 5.32 Å². The number of carbonyl (C=O) groups is 1. The van der Waals surface area contributed by atoms with Gasteiger partial charge in [0.25, 0.3) is 0 Å². The van der Waals surface area contributed by atoms with E-state index in [1.807, 2.05) is 48.5 Å². The zero-order valence-electron chi connectivity index (χ0n) is 10.1. The second kappa shape index (κ2) is 3.72. The molecule has 1 amide bonds. The summed E-state index contributed by atoms with van der Waals surface area (Å²) in [5.41, 5.74) is 3.78. The van der Waals surface area contributed by atoms with Crippen LogP contribution in [0.15, 0.2) is 59.2 Å². The number of furan rings is 1. The van der Waals surface area contributed by atoms with Crippen LogP contribution in [0.1, 0.15) is 17.0 Å². The fourth-order valence-corrected chi connectivity index (χ4v) is 2.70. The second-order valence-electron chi connectivity index (χ2n) is 4.73. The van der Waals surface area contributed by atoms with Crippen molar-refractivity contribution in [1.82, 2.24) is 0 Å². The van der Waals surface area contributed by atoms with Crippen molar-refractivity contribution in [3.8, 4) is 0 Å². The number of amides is 1. The molecule has 0 spiro atoms. The van der Waals surface area contributed by atoms with Crippen molar-refractivity contribution in [3.63, 3.8) is 0 Å². The third-order valence-corrected chi connectivity index (χ3v) is 3.60. The Morgan fingerprint density at radius 2 is 1.95 bits per heavy atom. The van der Waals surface area contributed by atoms with Crippen molar-refractivity contribution in [2.24, 2.45) is 0 Å². The van der Waals surface area contributed by atoms with Gasteiger partial charge in [0.1, 0.15) is 5.58 Å². The van der Waals surface area contributed by atoms with E-state index in [1.54, 1.807) is 6.26 Å². The Balaban J connectivity index is 1.89. The van der Waals surface area contributed by atoms with Crippen molar-refractivity contribution >= 4 is 22.6 Å². The highest BCUT2D eigenvalue weighted by Gasteiger charge is 2.31. The zero-order valence-corrected chi connectivity index (χ0v) is 10.1. The highest BCUT2D eigenvalue weighted by atomic mass is 16.3. The van der Waals surface area contributed by atoms with Gasteiger partial charge < -0.3 is 9.73 Å². The van der Waals surface area contributed by atoms with Crippen LogP contribution in [0.4, 0.5) is 5.69 Å². The Hall–Kier alpha value is -2.55. The third kappa shape index (κ3) is 1.48. The van der Waals surface area contributed by atoms with Crippen LogP contribution in [0.2, 0.25) is 0 Å². The maximum atomic E-state index is 12.2. The lowest BCUT2D eigenvalue weighted by Gasteiger charge is -2.09. The second-order valence-corrected chi connectivity index (χ2v) is 4.73. The molecule has 0 radical (unpaired) electrons. The lowest BCUT2D eigenvalue weighted by atomic mass is 9.92. The molecule has 0 saturated carbocycles. The molecule has 0 fully saturated rings. The molecule has 3 aromatic rings. The first-order chi connectivity index (χ1) is 9.33. The average Bonchev–Trinajstić information content (AvgIpc) is 3.00. The van der Waals surface area contributed by atoms with E-state index in [4.69, 9.17) is 4.42 Å². The molecule has 92 valence electrons. The summed E-state index contributed by atoms with van der Waals surface area (Å²) in [6.07, 6.45) is 1.66. The normalized spacial score (nSPS) is 17.5. The van der Waals surface area contributed by atoms with E-state index >= 15 is 0 Å². The van der Waals surface area contributed by atoms with Gasteiger partial charge in [-0.25, -0.2) is 0 Å². The number of hydrogen-bond donors (Lipinski definition) is 1. The summed E-state index contributed by atoms with van der Waals surface area (Å²) in [5, 5.41) is 3.95. The van der Waals surface area contributed by atoms with Gasteiger partial charge in [-0.1, -0.05) is 24.3 Å². The molecule has 1 aliphatic heterocycles. The van der Waals surface area contributed by atoms with E-state index < -0.39 is 0 Å². The molecule has 0 aliphatic carbocycles. The minimum Gasteiger partial charge on any atom is -0.464 e. The number of rotatable bonds is 1. The number of anilines is 1. The van der Waals surface area contributed by atoms with Crippen molar-refractivity contribution in [3.05, 3.63) is 65.9 Å². The molecule has 4 rings (SSSR count). The van der Waals surface area contributed by atoms with Gasteiger partial charge in [-0.2, -0.15) is 0 Å². The lowest BCUT2D eigenvalue weighted by Crippen LogP contribution is -2.12. The van der Waals surface area contributed by atoms with Crippen molar-refractivity contribution < 1.29 is 9.21 Å². The summed E-state index contributed by atoms with van der Waals surface area (Å²) in [7, 11) is 0. The first-order valence-corrected chi connectivity index (χ1v) is 6.20. The topological polar surface area (TPSA) is 42.2 Å². The third-order valence-electron chi connectivity index (χ3n) is 3.60. The van der Waals surface area contributed by atoms with Crippen molar-refractivity contribution in [2.45, 2.75) is 5.92 Å². The Bertz CT molecular complexity index is 788. The van der Waals surface area contributed by atoms with Gasteiger partial charge in [0, 0.05) is 11.1 Å². The SMILES string of the molecule is O=C1Nc2ccccc2C1c1ccc2occc2c1. The van der Waals surface area contributed by atoms with E-state index in [2.05, 4.69) is 5.32 Å². The van der Waals surface area contributed by atoms with E-state index in [9.17, 15) is 4.79 Å². The van der Waals surface area contributed by atoms with Gasteiger partial charge in [0.2, 0.25) is 5.91 Å². The summed E-state index contributed by atoms with van der Waals surface area (Å²) in [4.78, 5) is 12.2. The summed E-state index contributed by atoms with van der Waals surface area (Å²) < 4.78 is 5.33. The first kappa shape index (κ1) is 10.4. The first-order valence-electron chi connectivity index (χ1n) is 6.20. The van der Waals surface area contributed by atoms with Gasteiger partial charge in [0.15, 0.2) is 0 Å². The largest absolute Gasteiger partial charge is 0.464 e. The van der Waals surface area contributed by atoms with Gasteiger partial charge in [0.05, 0.1) is 12.2 Å². The van der Waals surface area contributed by atoms with Crippen molar-refractivity contribution in [1.29, 1.82) is 0 Å². The Morgan fingerprint density at radius 1 is 1.05 bits per heavy atom. The molecule has 0 saturated heterocycles. The minimum absolute atomic E-state index is 0.0315. The smallest absolute Gasteiger partial charge is 0.236 e. The fraction of sp³-hybridized carbons (Fsp3) is 0.0625. The number of carbonyl (C=O) groups excluding carboxylic acids is 1. The highest BCUT2D eigenvalue weighted by molar-refractivity contribution is 6.05. The van der Waals surface area contributed by atoms with E-state index in [0.717, 1.165) is 27.8 Å². The summed E-state index contributed by atoms with van der Waals surface area (Å²) in [6, 6.07) is 15.6. The van der Waals surface area contributed by atoms with Gasteiger partial charge in [-0.05, 0) is 35.4 Å². The number of para-hydroxylation sites is 1. The Morgan fingerprint density at radius 3 is 2.89 bits per heavy atom. The average molecular weight is 249 g/mol. The number of hydrogen-bond acceptors (Lipinski definition) is 2. The highest BCUT2D eigenvalue weighted by Crippen LogP contribution is 2.37. The molecule has 2 aromatic carbocycles. The molecule has 1 aliphatic rings. The quantitative estimate of drug-likeness (QED) is 0.717. The van der Waals surface area contributed by atoms with Crippen LogP contribution in [-0.4, -0.2) is 5.91 Å². The monoisotopic (exact) mass is 249 g/mol. The Kier molecular flexibility index (Phi) is 2.03. The molecule has 1 unspecified atom stereocenters. The fourth-order valence-electron chi connectivity index (χ4n) is 2.70. The predicted molar refractivity (Wildman–Crippen MR) is 73.1 cm³/mol. The summed E-state index contributed by atoms with van der Waals surface area (Å²) >= 11 is 0. The minimum atomic E-state index is -0.226. The van der Waals surface area contributed by atoms with Crippen LogP contribution in [0, 0.1) is 0 Å². The van der Waals surface area contributed by atoms with Crippen LogP contribution in [-0.2, 0) is 4.79 Å². The van der Waals surface area contributed by atoms with Gasteiger partial charge >= 0.3 is 0 Å². The summed E-state index contributed by atoms with van der Waals surface area (Å²) in [6.45, 7) is 0. The maximum absolute atomic E-state index is 12.2. The predicted octanol–water partition coefficient (Wildman–Crippen LogP) is 3.52. The molecule has 1 N–H and O–H groups in total. The van der Waals surface area contributed by atoms with Crippen LogP contribution in [0.5, 0.6) is 0 Å². The standard InChI is InChI=1S/C16H11NO2/c18-16-15(12-3-1-2-4-13(12)17-16)11-5-6-14-10(9-11)7-8-19-14/h1-9,15H,(H,17,18). The molecule has 3 heteroatoms. The van der Waals surface area contributed by atoms with Crippen LogP contribution in [0.25, 0.3) is 11.0 Å². The molecule has 0 bridgehead atoms. The molecular formula is C16H11NO2. The Labute approximate surface area is 109 Å². The molecular weight excluding hydrogens is 238 g/mol. The number of benzene rings is 2. The van der Waals surface area contributed by atoms with Gasteiger partial charge in [-0.3, -0.25) is 4.79 Å². The lowest BCUT2D eigenvalue weighted by molar-refractivity contribution is -0.116. The van der Waals surface area contributed by atoms with Crippen LogP contribution in [0.3, 0.4) is 0 Å². The zero-order chi connectivity index (χ0) is 12.8. The molecule has 1 aromatic heterocycles. The van der Waals surface area contributed by atoms with Gasteiger partial charge in [-0.15, -0.1) is 0 Å². The molecule has 19 heavy (non-hydrogen) atoms.